The molecule has 0 saturated carbocycles. The fourth-order valence-electron chi connectivity index (χ4n) is 2.57. The van der Waals surface area contributed by atoms with Crippen LogP contribution in [0.3, 0.4) is 0 Å². The average Bonchev–Trinajstić information content (AvgIpc) is 3.16. The van der Waals surface area contributed by atoms with Gasteiger partial charge in [-0.1, -0.05) is 29.8 Å². The summed E-state index contributed by atoms with van der Waals surface area (Å²) in [5.41, 5.74) is 1.80. The van der Waals surface area contributed by atoms with Gasteiger partial charge in [-0.25, -0.2) is 9.18 Å². The molecule has 0 aromatic heterocycles. The van der Waals surface area contributed by atoms with Gasteiger partial charge in [-0.05, 0) is 47.7 Å². The second kappa shape index (κ2) is 7.61. The van der Waals surface area contributed by atoms with E-state index in [-0.39, 0.29) is 27.7 Å². The minimum Gasteiger partial charge on any atom is -0.421 e. The average molecular weight is 429 g/mol. The van der Waals surface area contributed by atoms with Crippen LogP contribution in [0, 0.1) is 11.2 Å². The van der Waals surface area contributed by atoms with Gasteiger partial charge >= 0.3 is 5.97 Å². The van der Waals surface area contributed by atoms with Crippen molar-refractivity contribution in [3.8, 4) is 5.75 Å². The first-order valence-electron chi connectivity index (χ1n) is 8.13. The van der Waals surface area contributed by atoms with Gasteiger partial charge in [-0.15, -0.1) is 0 Å². The predicted octanol–water partition coefficient (Wildman–Crippen LogP) is 3.95. The molecule has 1 N–H and O–H groups in total. The lowest BCUT2D eigenvalue weighted by molar-refractivity contribution is -0.114. The highest BCUT2D eigenvalue weighted by Crippen LogP contribution is 2.29. The molecule has 0 radical (unpaired) electrons. The molecule has 1 amide bonds. The SMILES string of the molecule is N=C1C(=Cc2ccc(OC(=O)c3ccccc3F)c(Cl)c2)C(=O)N=C2SC=NN12. The number of carbonyl (C=O) groups excluding carboxylic acids is 2. The fraction of sp³-hybridized carbons (Fsp3) is 0. The Morgan fingerprint density at radius 2 is 2.07 bits per heavy atom. The van der Waals surface area contributed by atoms with Gasteiger partial charge in [-0.3, -0.25) is 10.2 Å². The van der Waals surface area contributed by atoms with Gasteiger partial charge in [0.25, 0.3) is 5.91 Å². The molecule has 2 aromatic carbocycles. The number of halogens is 2. The topological polar surface area (TPSA) is 95.2 Å². The van der Waals surface area contributed by atoms with Crippen LogP contribution in [0.5, 0.6) is 5.75 Å². The predicted molar refractivity (Wildman–Crippen MR) is 109 cm³/mol. The van der Waals surface area contributed by atoms with Gasteiger partial charge in [0.05, 0.1) is 21.7 Å². The third-order valence-corrected chi connectivity index (χ3v) is 4.93. The molecular weight excluding hydrogens is 419 g/mol. The molecule has 0 fully saturated rings. The number of amidine groups is 2. The van der Waals surface area contributed by atoms with Crippen LogP contribution in [-0.4, -0.2) is 33.4 Å². The number of hydrazone groups is 1. The molecular formula is C19H10ClFN4O3S. The quantitative estimate of drug-likeness (QED) is 0.453. The number of nitrogens with zero attached hydrogens (tertiary/aromatic N) is 3. The standard InChI is InChI=1S/C19H10ClFN4O3S/c20-13-8-10(7-12-16(22)25-19(24-17(12)26)29-9-23-25)5-6-15(13)28-18(27)11-3-1-2-4-14(11)21/h1-9,22H. The van der Waals surface area contributed by atoms with E-state index in [0.717, 1.165) is 17.8 Å². The third-order valence-electron chi connectivity index (χ3n) is 3.96. The number of aliphatic imine (C=N–C) groups is 1. The maximum Gasteiger partial charge on any atom is 0.346 e. The monoisotopic (exact) mass is 428 g/mol. The molecule has 2 aliphatic rings. The van der Waals surface area contributed by atoms with Crippen LogP contribution < -0.4 is 4.74 Å². The summed E-state index contributed by atoms with van der Waals surface area (Å²) in [6.45, 7) is 0. The highest BCUT2D eigenvalue weighted by atomic mass is 35.5. The number of fused-ring (bicyclic) bond motifs is 1. The van der Waals surface area contributed by atoms with Gasteiger partial charge in [0, 0.05) is 0 Å². The largest absolute Gasteiger partial charge is 0.421 e. The number of carbonyl (C=O) groups is 2. The van der Waals surface area contributed by atoms with E-state index in [0.29, 0.717) is 10.7 Å². The first-order chi connectivity index (χ1) is 13.9. The van der Waals surface area contributed by atoms with E-state index >= 15 is 0 Å². The normalized spacial score (nSPS) is 16.8. The Bertz CT molecular complexity index is 1160. The Morgan fingerprint density at radius 1 is 1.28 bits per heavy atom. The van der Waals surface area contributed by atoms with E-state index in [1.165, 1.54) is 47.0 Å². The maximum atomic E-state index is 13.7. The van der Waals surface area contributed by atoms with Gasteiger partial charge in [0.15, 0.2) is 11.0 Å². The van der Waals surface area contributed by atoms with Crippen molar-refractivity contribution in [1.82, 2.24) is 5.01 Å². The molecule has 0 atom stereocenters. The summed E-state index contributed by atoms with van der Waals surface area (Å²) >= 11 is 7.33. The lowest BCUT2D eigenvalue weighted by Crippen LogP contribution is -2.35. The minimum atomic E-state index is -0.883. The maximum absolute atomic E-state index is 13.7. The molecule has 0 saturated heterocycles. The highest BCUT2D eigenvalue weighted by molar-refractivity contribution is 8.25. The van der Waals surface area contributed by atoms with Gasteiger partial charge in [0.2, 0.25) is 0 Å². The van der Waals surface area contributed by atoms with E-state index < -0.39 is 17.7 Å². The second-order valence-corrected chi connectivity index (χ2v) is 7.03. The van der Waals surface area contributed by atoms with Crippen molar-refractivity contribution >= 4 is 57.9 Å². The van der Waals surface area contributed by atoms with Gasteiger partial charge in [0.1, 0.15) is 11.6 Å². The summed E-state index contributed by atoms with van der Waals surface area (Å²) in [4.78, 5) is 28.2. The smallest absolute Gasteiger partial charge is 0.346 e. The Morgan fingerprint density at radius 3 is 2.83 bits per heavy atom. The first-order valence-corrected chi connectivity index (χ1v) is 9.39. The van der Waals surface area contributed by atoms with E-state index in [4.69, 9.17) is 21.7 Å². The number of ether oxygens (including phenoxy) is 1. The van der Waals surface area contributed by atoms with Crippen molar-refractivity contribution in [2.24, 2.45) is 10.1 Å². The van der Waals surface area contributed by atoms with Crippen LogP contribution in [0.15, 0.2) is 58.1 Å². The Kier molecular flexibility index (Phi) is 4.99. The molecule has 0 bridgehead atoms. The lowest BCUT2D eigenvalue weighted by atomic mass is 10.1. The van der Waals surface area contributed by atoms with Crippen molar-refractivity contribution in [2.75, 3.05) is 0 Å². The van der Waals surface area contributed by atoms with Crippen LogP contribution in [0.4, 0.5) is 4.39 Å². The number of hydrogen-bond acceptors (Lipinski definition) is 6. The molecule has 7 nitrogen and oxygen atoms in total. The van der Waals surface area contributed by atoms with Crippen molar-refractivity contribution in [3.05, 3.63) is 70.0 Å². The van der Waals surface area contributed by atoms with Crippen molar-refractivity contribution in [2.45, 2.75) is 0 Å². The molecule has 2 aliphatic heterocycles. The molecule has 144 valence electrons. The van der Waals surface area contributed by atoms with Gasteiger partial charge < -0.3 is 4.74 Å². The van der Waals surface area contributed by atoms with Gasteiger partial charge in [-0.2, -0.15) is 15.1 Å². The summed E-state index contributed by atoms with van der Waals surface area (Å²) in [5, 5.41) is 13.8. The summed E-state index contributed by atoms with van der Waals surface area (Å²) < 4.78 is 18.9. The number of benzene rings is 2. The summed E-state index contributed by atoms with van der Waals surface area (Å²) in [6, 6.07) is 9.86. The zero-order valence-electron chi connectivity index (χ0n) is 14.4. The molecule has 2 heterocycles. The number of esters is 1. The third kappa shape index (κ3) is 3.69. The molecule has 2 aromatic rings. The van der Waals surface area contributed by atoms with E-state index in [9.17, 15) is 14.0 Å². The van der Waals surface area contributed by atoms with E-state index in [1.54, 1.807) is 6.07 Å². The summed E-state index contributed by atoms with van der Waals surface area (Å²) in [7, 11) is 0. The number of thioether (sulfide) groups is 1. The number of nitrogens with one attached hydrogen (secondary N) is 1. The molecule has 4 rings (SSSR count). The second-order valence-electron chi connectivity index (χ2n) is 5.82. The zero-order valence-corrected chi connectivity index (χ0v) is 16.0. The van der Waals surface area contributed by atoms with Crippen LogP contribution >= 0.6 is 23.4 Å². The fourth-order valence-corrected chi connectivity index (χ4v) is 3.41. The summed E-state index contributed by atoms with van der Waals surface area (Å²) in [6.07, 6.45) is 1.44. The number of amides is 1. The zero-order chi connectivity index (χ0) is 20.5. The Balaban J connectivity index is 1.58. The molecule has 10 heteroatoms. The Labute approximate surface area is 173 Å². The Hall–Kier alpha value is -3.30. The van der Waals surface area contributed by atoms with Crippen LogP contribution in [0.2, 0.25) is 5.02 Å². The molecule has 29 heavy (non-hydrogen) atoms. The summed E-state index contributed by atoms with van der Waals surface area (Å²) in [5.74, 6) is -2.22. The minimum absolute atomic E-state index is 0.0352. The number of hydrogen-bond donors (Lipinski definition) is 1. The van der Waals surface area contributed by atoms with Crippen LogP contribution in [0.1, 0.15) is 15.9 Å². The first kappa shape index (κ1) is 19.0. The van der Waals surface area contributed by atoms with Crippen molar-refractivity contribution in [3.63, 3.8) is 0 Å². The van der Waals surface area contributed by atoms with Crippen LogP contribution in [-0.2, 0) is 4.79 Å². The molecule has 0 unspecified atom stereocenters. The lowest BCUT2D eigenvalue weighted by Gasteiger charge is -2.20. The number of rotatable bonds is 3. The van der Waals surface area contributed by atoms with E-state index in [1.807, 2.05) is 0 Å². The van der Waals surface area contributed by atoms with E-state index in [2.05, 4.69) is 10.1 Å². The highest BCUT2D eigenvalue weighted by Gasteiger charge is 2.32. The van der Waals surface area contributed by atoms with Crippen LogP contribution in [0.25, 0.3) is 6.08 Å². The molecule has 0 spiro atoms. The molecule has 0 aliphatic carbocycles. The van der Waals surface area contributed by atoms with Crippen molar-refractivity contribution < 1.29 is 18.7 Å². The van der Waals surface area contributed by atoms with Crippen molar-refractivity contribution in [1.29, 1.82) is 5.41 Å².